The summed E-state index contributed by atoms with van der Waals surface area (Å²) in [6.45, 7) is 1.22. The second-order valence-corrected chi connectivity index (χ2v) is 6.88. The molecule has 2 N–H and O–H groups in total. The summed E-state index contributed by atoms with van der Waals surface area (Å²) >= 11 is 5.90. The number of benzene rings is 2. The summed E-state index contributed by atoms with van der Waals surface area (Å²) < 4.78 is 0. The summed E-state index contributed by atoms with van der Waals surface area (Å²) in [5, 5.41) is 16.5. The van der Waals surface area contributed by atoms with E-state index in [1.807, 2.05) is 0 Å². The average molecular weight is 417 g/mol. The lowest BCUT2D eigenvalue weighted by Gasteiger charge is -2.25. The lowest BCUT2D eigenvalue weighted by molar-refractivity contribution is -0.384. The van der Waals surface area contributed by atoms with E-state index >= 15 is 0 Å². The Morgan fingerprint density at radius 1 is 1.24 bits per heavy atom. The SMILES string of the molecule is CC[C@@]1(c2ccc(Cl)cc2)NC(=O)N(CC(=O)Nc2cccc([N+](=O)[O-])c2)C1=O. The minimum Gasteiger partial charge on any atom is -0.324 e. The van der Waals surface area contributed by atoms with Crippen LogP contribution in [-0.4, -0.2) is 34.2 Å². The van der Waals surface area contributed by atoms with Crippen molar-refractivity contribution in [2.24, 2.45) is 0 Å². The summed E-state index contributed by atoms with van der Waals surface area (Å²) in [4.78, 5) is 48.9. The largest absolute Gasteiger partial charge is 0.325 e. The van der Waals surface area contributed by atoms with Crippen LogP contribution >= 0.6 is 11.6 Å². The Morgan fingerprint density at radius 3 is 2.55 bits per heavy atom. The number of hydrogen-bond acceptors (Lipinski definition) is 5. The molecule has 150 valence electrons. The highest BCUT2D eigenvalue weighted by molar-refractivity contribution is 6.30. The molecule has 3 rings (SSSR count). The molecule has 0 spiro atoms. The van der Waals surface area contributed by atoms with Crippen molar-refractivity contribution in [1.29, 1.82) is 0 Å². The van der Waals surface area contributed by atoms with Crippen molar-refractivity contribution in [3.8, 4) is 0 Å². The molecule has 0 unspecified atom stereocenters. The highest BCUT2D eigenvalue weighted by atomic mass is 35.5. The fourth-order valence-electron chi connectivity index (χ4n) is 3.18. The first kappa shape index (κ1) is 20.3. The van der Waals surface area contributed by atoms with Gasteiger partial charge in [0.2, 0.25) is 5.91 Å². The van der Waals surface area contributed by atoms with E-state index in [2.05, 4.69) is 10.6 Å². The van der Waals surface area contributed by atoms with Gasteiger partial charge in [0.15, 0.2) is 0 Å². The number of nitrogens with zero attached hydrogens (tertiary/aromatic N) is 2. The number of imide groups is 1. The first-order valence-corrected chi connectivity index (χ1v) is 9.09. The van der Waals surface area contributed by atoms with Crippen molar-refractivity contribution in [3.05, 3.63) is 69.2 Å². The molecule has 1 atom stereocenters. The fraction of sp³-hybridized carbons (Fsp3) is 0.211. The van der Waals surface area contributed by atoms with Crippen LogP contribution in [0.5, 0.6) is 0 Å². The van der Waals surface area contributed by atoms with E-state index in [0.717, 1.165) is 4.90 Å². The zero-order valence-corrected chi connectivity index (χ0v) is 16.1. The highest BCUT2D eigenvalue weighted by Gasteiger charge is 2.51. The average Bonchev–Trinajstić information content (AvgIpc) is 2.93. The third-order valence-electron chi connectivity index (χ3n) is 4.69. The molecular formula is C19H17ClN4O5. The summed E-state index contributed by atoms with van der Waals surface area (Å²) in [6.07, 6.45) is 0.280. The van der Waals surface area contributed by atoms with Crippen LogP contribution in [0.25, 0.3) is 0 Å². The molecule has 1 saturated heterocycles. The molecule has 0 radical (unpaired) electrons. The number of nitro benzene ring substituents is 1. The van der Waals surface area contributed by atoms with Crippen LogP contribution in [0.4, 0.5) is 16.2 Å². The Morgan fingerprint density at radius 2 is 1.93 bits per heavy atom. The third-order valence-corrected chi connectivity index (χ3v) is 4.94. The third kappa shape index (κ3) is 3.90. The summed E-state index contributed by atoms with van der Waals surface area (Å²) in [6, 6.07) is 11.2. The van der Waals surface area contributed by atoms with Crippen LogP contribution in [-0.2, 0) is 15.1 Å². The van der Waals surface area contributed by atoms with Crippen molar-refractivity contribution in [1.82, 2.24) is 10.2 Å². The minimum absolute atomic E-state index is 0.189. The van der Waals surface area contributed by atoms with Gasteiger partial charge in [0, 0.05) is 22.8 Å². The Kier molecular flexibility index (Phi) is 5.51. The minimum atomic E-state index is -1.28. The molecule has 0 aromatic heterocycles. The number of nitrogens with one attached hydrogen (secondary N) is 2. The molecule has 1 aliphatic heterocycles. The van der Waals surface area contributed by atoms with E-state index in [4.69, 9.17) is 11.6 Å². The van der Waals surface area contributed by atoms with Gasteiger partial charge in [-0.3, -0.25) is 24.6 Å². The molecule has 1 heterocycles. The maximum Gasteiger partial charge on any atom is 0.325 e. The van der Waals surface area contributed by atoms with Gasteiger partial charge in [0.1, 0.15) is 12.1 Å². The highest BCUT2D eigenvalue weighted by Crippen LogP contribution is 2.33. The number of rotatable bonds is 6. The molecule has 10 heteroatoms. The molecule has 2 aromatic rings. The first-order chi connectivity index (χ1) is 13.8. The van der Waals surface area contributed by atoms with Gasteiger partial charge >= 0.3 is 6.03 Å². The molecular weight excluding hydrogens is 400 g/mol. The number of amides is 4. The van der Waals surface area contributed by atoms with E-state index < -0.39 is 34.9 Å². The second-order valence-electron chi connectivity index (χ2n) is 6.44. The van der Waals surface area contributed by atoms with Crippen LogP contribution in [0.15, 0.2) is 48.5 Å². The number of nitro groups is 1. The van der Waals surface area contributed by atoms with Crippen LogP contribution in [0, 0.1) is 10.1 Å². The van der Waals surface area contributed by atoms with E-state index in [1.165, 1.54) is 24.3 Å². The number of urea groups is 1. The zero-order chi connectivity index (χ0) is 21.2. The Balaban J connectivity index is 1.77. The van der Waals surface area contributed by atoms with Crippen molar-refractivity contribution in [2.75, 3.05) is 11.9 Å². The quantitative estimate of drug-likeness (QED) is 0.425. The van der Waals surface area contributed by atoms with Gasteiger partial charge in [-0.2, -0.15) is 0 Å². The lowest BCUT2D eigenvalue weighted by atomic mass is 9.87. The monoisotopic (exact) mass is 416 g/mol. The molecule has 1 fully saturated rings. The van der Waals surface area contributed by atoms with Crippen molar-refractivity contribution >= 4 is 40.8 Å². The Bertz CT molecular complexity index is 994. The number of anilines is 1. The maximum absolute atomic E-state index is 13.0. The van der Waals surface area contributed by atoms with E-state index in [-0.39, 0.29) is 17.8 Å². The van der Waals surface area contributed by atoms with Gasteiger partial charge < -0.3 is 10.6 Å². The van der Waals surface area contributed by atoms with Crippen LogP contribution < -0.4 is 10.6 Å². The summed E-state index contributed by atoms with van der Waals surface area (Å²) in [7, 11) is 0. The molecule has 9 nitrogen and oxygen atoms in total. The van der Waals surface area contributed by atoms with Gasteiger partial charge in [0.25, 0.3) is 11.6 Å². The van der Waals surface area contributed by atoms with Gasteiger partial charge in [-0.05, 0) is 30.2 Å². The molecule has 2 aromatic carbocycles. The predicted molar refractivity (Wildman–Crippen MR) is 105 cm³/mol. The molecule has 0 saturated carbocycles. The van der Waals surface area contributed by atoms with Gasteiger partial charge in [-0.1, -0.05) is 36.7 Å². The molecule has 0 aliphatic carbocycles. The predicted octanol–water partition coefficient (Wildman–Crippen LogP) is 3.04. The summed E-state index contributed by atoms with van der Waals surface area (Å²) in [5.74, 6) is -1.21. The van der Waals surface area contributed by atoms with Gasteiger partial charge in [0.05, 0.1) is 4.92 Å². The molecule has 1 aliphatic rings. The van der Waals surface area contributed by atoms with Crippen LogP contribution in [0.2, 0.25) is 5.02 Å². The number of carbonyl (C=O) groups is 3. The molecule has 4 amide bonds. The molecule has 29 heavy (non-hydrogen) atoms. The van der Waals surface area contributed by atoms with Crippen molar-refractivity contribution < 1.29 is 19.3 Å². The number of halogens is 1. The van der Waals surface area contributed by atoms with Crippen molar-refractivity contribution in [2.45, 2.75) is 18.9 Å². The Labute approximate surface area is 170 Å². The van der Waals surface area contributed by atoms with Gasteiger partial charge in [-0.25, -0.2) is 4.79 Å². The van der Waals surface area contributed by atoms with Gasteiger partial charge in [-0.15, -0.1) is 0 Å². The van der Waals surface area contributed by atoms with Crippen LogP contribution in [0.3, 0.4) is 0 Å². The number of non-ortho nitro benzene ring substituents is 1. The second kappa shape index (κ2) is 7.88. The first-order valence-electron chi connectivity index (χ1n) is 8.71. The molecule has 0 bridgehead atoms. The van der Waals surface area contributed by atoms with E-state index in [0.29, 0.717) is 10.6 Å². The van der Waals surface area contributed by atoms with E-state index in [9.17, 15) is 24.5 Å². The topological polar surface area (TPSA) is 122 Å². The Hall–Kier alpha value is -3.46. The summed E-state index contributed by atoms with van der Waals surface area (Å²) in [5.41, 5.74) is -0.724. The van der Waals surface area contributed by atoms with Crippen LogP contribution in [0.1, 0.15) is 18.9 Å². The maximum atomic E-state index is 13.0. The number of carbonyl (C=O) groups excluding carboxylic acids is 3. The lowest BCUT2D eigenvalue weighted by Crippen LogP contribution is -2.44. The van der Waals surface area contributed by atoms with Crippen molar-refractivity contribution in [3.63, 3.8) is 0 Å². The zero-order valence-electron chi connectivity index (χ0n) is 15.3. The number of hydrogen-bond donors (Lipinski definition) is 2. The fourth-order valence-corrected chi connectivity index (χ4v) is 3.31. The standard InChI is InChI=1S/C19H17ClN4O5/c1-2-19(12-6-8-13(20)9-7-12)17(26)23(18(27)22-19)11-16(25)21-14-4-3-5-15(10-14)24(28)29/h3-10H,2,11H2,1H3,(H,21,25)(H,22,27)/t19-/m0/s1. The smallest absolute Gasteiger partial charge is 0.324 e. The normalized spacial score (nSPS) is 18.5. The van der Waals surface area contributed by atoms with E-state index in [1.54, 1.807) is 31.2 Å².